The molecule has 13 heteroatoms. The standard InChI is InChI=1S/C22H29ClN4O8/c1-20(2,3)33-17(28)25-15-11-14(27(31)32)12(23)10-13(15)24-16(25)26(18(29)34-21(4,5)6)19(30)35-22(7,8)9/h10-11H,1-9H3. The van der Waals surface area contributed by atoms with Crippen molar-refractivity contribution >= 4 is 52.5 Å². The van der Waals surface area contributed by atoms with Gasteiger partial charge in [-0.05, 0) is 68.4 Å². The molecule has 0 bridgehead atoms. The zero-order valence-corrected chi connectivity index (χ0v) is 21.8. The Kier molecular flexibility index (Phi) is 7.42. The van der Waals surface area contributed by atoms with Gasteiger partial charge in [0, 0.05) is 6.07 Å². The summed E-state index contributed by atoms with van der Waals surface area (Å²) in [6.07, 6.45) is -3.43. The van der Waals surface area contributed by atoms with Crippen molar-refractivity contribution in [1.29, 1.82) is 0 Å². The number of hydrogen-bond acceptors (Lipinski definition) is 9. The number of nitro groups is 1. The summed E-state index contributed by atoms with van der Waals surface area (Å²) in [6.45, 7) is 14.3. The number of halogens is 1. The number of carbonyl (C=O) groups is 3. The average Bonchev–Trinajstić information content (AvgIpc) is 2.93. The molecule has 35 heavy (non-hydrogen) atoms. The van der Waals surface area contributed by atoms with Crippen molar-refractivity contribution in [2.45, 2.75) is 79.1 Å². The van der Waals surface area contributed by atoms with Crippen molar-refractivity contribution in [2.24, 2.45) is 0 Å². The molecule has 1 heterocycles. The van der Waals surface area contributed by atoms with Crippen LogP contribution in [-0.2, 0) is 14.2 Å². The predicted octanol–water partition coefficient (Wildman–Crippen LogP) is 6.06. The van der Waals surface area contributed by atoms with Crippen LogP contribution in [0.25, 0.3) is 11.0 Å². The number of nitrogens with zero attached hydrogens (tertiary/aromatic N) is 4. The highest BCUT2D eigenvalue weighted by Gasteiger charge is 2.39. The second kappa shape index (κ2) is 9.33. The van der Waals surface area contributed by atoms with Crippen molar-refractivity contribution in [2.75, 3.05) is 4.90 Å². The fraction of sp³-hybridized carbons (Fsp3) is 0.545. The largest absolute Gasteiger partial charge is 0.443 e. The highest BCUT2D eigenvalue weighted by Crippen LogP contribution is 2.34. The first-order valence-corrected chi connectivity index (χ1v) is 10.9. The van der Waals surface area contributed by atoms with Crippen LogP contribution in [0.15, 0.2) is 12.1 Å². The molecule has 2 aromatic rings. The summed E-state index contributed by atoms with van der Waals surface area (Å²) in [6, 6.07) is 2.14. The maximum Gasteiger partial charge on any atom is 0.427 e. The van der Waals surface area contributed by atoms with E-state index in [0.29, 0.717) is 4.90 Å². The van der Waals surface area contributed by atoms with E-state index in [1.165, 1.54) is 0 Å². The van der Waals surface area contributed by atoms with Gasteiger partial charge in [0.15, 0.2) is 0 Å². The third-order valence-electron chi connectivity index (χ3n) is 3.83. The quantitative estimate of drug-likeness (QED) is 0.266. The fourth-order valence-corrected chi connectivity index (χ4v) is 2.93. The molecule has 0 saturated carbocycles. The number of ether oxygens (including phenoxy) is 3. The van der Waals surface area contributed by atoms with E-state index in [1.807, 2.05) is 0 Å². The molecule has 1 aromatic carbocycles. The summed E-state index contributed by atoms with van der Waals surface area (Å²) >= 11 is 6.02. The van der Waals surface area contributed by atoms with Crippen LogP contribution in [0.1, 0.15) is 62.3 Å². The first kappa shape index (κ1) is 27.8. The minimum atomic E-state index is -1.19. The van der Waals surface area contributed by atoms with Crippen LogP contribution in [0, 0.1) is 10.1 Å². The van der Waals surface area contributed by atoms with Crippen molar-refractivity contribution in [3.05, 3.63) is 27.3 Å². The van der Waals surface area contributed by atoms with E-state index < -0.39 is 51.6 Å². The molecular formula is C22H29ClN4O8. The maximum absolute atomic E-state index is 13.2. The van der Waals surface area contributed by atoms with Crippen LogP contribution in [0.5, 0.6) is 0 Å². The van der Waals surface area contributed by atoms with Gasteiger partial charge in [0.1, 0.15) is 21.8 Å². The van der Waals surface area contributed by atoms with Crippen molar-refractivity contribution in [3.63, 3.8) is 0 Å². The van der Waals surface area contributed by atoms with E-state index in [2.05, 4.69) is 4.98 Å². The number of imide groups is 1. The van der Waals surface area contributed by atoms with Crippen molar-refractivity contribution < 1.29 is 33.5 Å². The molecule has 1 aromatic heterocycles. The Morgan fingerprint density at radius 3 is 1.77 bits per heavy atom. The Balaban J connectivity index is 2.88. The Bertz CT molecular complexity index is 1160. The molecule has 192 valence electrons. The number of benzene rings is 1. The summed E-state index contributed by atoms with van der Waals surface area (Å²) in [4.78, 5) is 54.8. The fourth-order valence-electron chi connectivity index (χ4n) is 2.70. The Morgan fingerprint density at radius 1 is 0.914 bits per heavy atom. The van der Waals surface area contributed by atoms with Gasteiger partial charge in [-0.3, -0.25) is 10.1 Å². The van der Waals surface area contributed by atoms with Gasteiger partial charge in [0.2, 0.25) is 5.95 Å². The highest BCUT2D eigenvalue weighted by atomic mass is 35.5. The zero-order chi connectivity index (χ0) is 27.1. The maximum atomic E-state index is 13.2. The molecule has 0 atom stereocenters. The van der Waals surface area contributed by atoms with Gasteiger partial charge in [-0.15, -0.1) is 4.90 Å². The normalized spacial score (nSPS) is 12.3. The van der Waals surface area contributed by atoms with E-state index in [1.54, 1.807) is 62.3 Å². The number of nitro benzene ring substituents is 1. The molecule has 0 unspecified atom stereocenters. The molecule has 0 N–H and O–H groups in total. The third kappa shape index (κ3) is 7.04. The van der Waals surface area contributed by atoms with E-state index in [-0.39, 0.29) is 16.1 Å². The Hall–Kier alpha value is -3.41. The molecule has 0 spiro atoms. The summed E-state index contributed by atoms with van der Waals surface area (Å²) in [7, 11) is 0. The van der Waals surface area contributed by atoms with Crippen molar-refractivity contribution in [1.82, 2.24) is 9.55 Å². The molecular weight excluding hydrogens is 484 g/mol. The molecule has 2 rings (SSSR count). The van der Waals surface area contributed by atoms with Gasteiger partial charge in [0.25, 0.3) is 5.69 Å². The van der Waals surface area contributed by atoms with Crippen LogP contribution in [0.3, 0.4) is 0 Å². The average molecular weight is 513 g/mol. The second-order valence-corrected chi connectivity index (χ2v) is 11.0. The summed E-state index contributed by atoms with van der Waals surface area (Å²) in [5.41, 5.74) is -3.70. The lowest BCUT2D eigenvalue weighted by Crippen LogP contribution is -2.45. The van der Waals surface area contributed by atoms with Crippen LogP contribution in [-0.4, -0.2) is 49.6 Å². The highest BCUT2D eigenvalue weighted by molar-refractivity contribution is 6.33. The molecule has 0 aliphatic carbocycles. The summed E-state index contributed by atoms with van der Waals surface area (Å²) in [5, 5.41) is 11.2. The second-order valence-electron chi connectivity index (χ2n) is 10.6. The van der Waals surface area contributed by atoms with Crippen LogP contribution in [0.4, 0.5) is 26.0 Å². The SMILES string of the molecule is CC(C)(C)OC(=O)N(C(=O)OC(C)(C)C)c1nc2cc(Cl)c([N+](=O)[O-])cc2n1C(=O)OC(C)(C)C. The molecule has 0 aliphatic rings. The van der Waals surface area contributed by atoms with Crippen LogP contribution >= 0.6 is 11.6 Å². The topological polar surface area (TPSA) is 143 Å². The number of hydrogen-bond donors (Lipinski definition) is 0. The molecule has 0 saturated heterocycles. The number of amides is 2. The van der Waals surface area contributed by atoms with Crippen LogP contribution in [0.2, 0.25) is 5.02 Å². The van der Waals surface area contributed by atoms with Gasteiger partial charge in [-0.2, -0.15) is 0 Å². The van der Waals surface area contributed by atoms with Gasteiger partial charge >= 0.3 is 18.3 Å². The number of aromatic nitrogens is 2. The number of anilines is 1. The molecule has 2 amide bonds. The van der Waals surface area contributed by atoms with E-state index in [9.17, 15) is 24.5 Å². The van der Waals surface area contributed by atoms with Crippen LogP contribution < -0.4 is 4.90 Å². The minimum absolute atomic E-state index is 0.0152. The van der Waals surface area contributed by atoms with E-state index in [4.69, 9.17) is 25.8 Å². The van der Waals surface area contributed by atoms with Gasteiger partial charge < -0.3 is 14.2 Å². The Morgan fingerprint density at radius 2 is 1.37 bits per heavy atom. The molecule has 0 aliphatic heterocycles. The lowest BCUT2D eigenvalue weighted by molar-refractivity contribution is -0.384. The van der Waals surface area contributed by atoms with Crippen molar-refractivity contribution in [3.8, 4) is 0 Å². The number of carbonyl (C=O) groups excluding carboxylic acids is 3. The Labute approximate surface area is 207 Å². The third-order valence-corrected chi connectivity index (χ3v) is 4.13. The van der Waals surface area contributed by atoms with Gasteiger partial charge in [-0.1, -0.05) is 11.6 Å². The lowest BCUT2D eigenvalue weighted by atomic mass is 10.2. The number of rotatable bonds is 2. The first-order valence-electron chi connectivity index (χ1n) is 10.6. The van der Waals surface area contributed by atoms with Gasteiger partial charge in [0.05, 0.1) is 16.0 Å². The predicted molar refractivity (Wildman–Crippen MR) is 128 cm³/mol. The lowest BCUT2D eigenvalue weighted by Gasteiger charge is -2.28. The molecule has 0 radical (unpaired) electrons. The summed E-state index contributed by atoms with van der Waals surface area (Å²) in [5.74, 6) is -0.547. The number of imidazole rings is 1. The van der Waals surface area contributed by atoms with Gasteiger partial charge in [-0.25, -0.2) is 23.9 Å². The number of fused-ring (bicyclic) bond motifs is 1. The molecule has 0 fully saturated rings. The zero-order valence-electron chi connectivity index (χ0n) is 21.1. The van der Waals surface area contributed by atoms with E-state index >= 15 is 0 Å². The minimum Gasteiger partial charge on any atom is -0.443 e. The smallest absolute Gasteiger partial charge is 0.427 e. The van der Waals surface area contributed by atoms with E-state index in [0.717, 1.165) is 16.7 Å². The first-order chi connectivity index (χ1) is 15.7. The molecule has 12 nitrogen and oxygen atoms in total. The monoisotopic (exact) mass is 512 g/mol. The summed E-state index contributed by atoms with van der Waals surface area (Å²) < 4.78 is 16.9.